The van der Waals surface area contributed by atoms with Crippen LogP contribution in [0, 0.1) is 11.8 Å². The molecule has 0 aromatic heterocycles. The van der Waals surface area contributed by atoms with Crippen LogP contribution in [0.4, 0.5) is 0 Å². The first-order valence-corrected chi connectivity index (χ1v) is 4.24. The first kappa shape index (κ1) is 10.4. The van der Waals surface area contributed by atoms with E-state index in [1.165, 1.54) is 0 Å². The number of allylic oxidation sites excluding steroid dienone is 2. The van der Waals surface area contributed by atoms with E-state index in [9.17, 15) is 4.79 Å². The van der Waals surface area contributed by atoms with Crippen molar-refractivity contribution in [3.05, 3.63) is 12.2 Å². The Hall–Kier alpha value is -0.590. The van der Waals surface area contributed by atoms with Gasteiger partial charge in [-0.2, -0.15) is 0 Å². The number of hydrogen-bond donors (Lipinski definition) is 0. The van der Waals surface area contributed by atoms with E-state index in [4.69, 9.17) is 0 Å². The van der Waals surface area contributed by atoms with E-state index >= 15 is 0 Å². The van der Waals surface area contributed by atoms with E-state index in [0.717, 1.165) is 6.42 Å². The molecular formula is C10H18O. The molecule has 0 aromatic carbocycles. The van der Waals surface area contributed by atoms with Gasteiger partial charge in [-0.25, -0.2) is 0 Å². The van der Waals surface area contributed by atoms with Crippen molar-refractivity contribution in [3.63, 3.8) is 0 Å². The summed E-state index contributed by atoms with van der Waals surface area (Å²) < 4.78 is 0. The molecule has 0 spiro atoms. The van der Waals surface area contributed by atoms with Crippen molar-refractivity contribution in [2.24, 2.45) is 11.8 Å². The average Bonchev–Trinajstić information content (AvgIpc) is 1.86. The summed E-state index contributed by atoms with van der Waals surface area (Å²) in [6.45, 7) is 8.12. The standard InChI is InChI=1S/C10H18O/c1-8(2)6-5-7-10(11)9(3)4/h5,7-9H,6H2,1-4H3/b7-5+. The maximum absolute atomic E-state index is 11.0. The Kier molecular flexibility index (Phi) is 4.84. The average molecular weight is 154 g/mol. The molecule has 64 valence electrons. The third kappa shape index (κ3) is 5.84. The van der Waals surface area contributed by atoms with E-state index in [2.05, 4.69) is 13.8 Å². The van der Waals surface area contributed by atoms with Crippen molar-refractivity contribution in [1.29, 1.82) is 0 Å². The number of carbonyl (C=O) groups is 1. The van der Waals surface area contributed by atoms with Gasteiger partial charge in [-0.3, -0.25) is 4.79 Å². The zero-order valence-electron chi connectivity index (χ0n) is 7.92. The van der Waals surface area contributed by atoms with Crippen LogP contribution in [0.15, 0.2) is 12.2 Å². The number of ketones is 1. The Morgan fingerprint density at radius 1 is 1.27 bits per heavy atom. The summed E-state index contributed by atoms with van der Waals surface area (Å²) >= 11 is 0. The molecule has 0 heterocycles. The van der Waals surface area contributed by atoms with E-state index in [0.29, 0.717) is 5.92 Å². The van der Waals surface area contributed by atoms with Crippen LogP contribution in [0.5, 0.6) is 0 Å². The highest BCUT2D eigenvalue weighted by Crippen LogP contribution is 2.01. The number of carbonyl (C=O) groups excluding carboxylic acids is 1. The van der Waals surface area contributed by atoms with Crippen LogP contribution in [-0.2, 0) is 4.79 Å². The zero-order chi connectivity index (χ0) is 8.85. The largest absolute Gasteiger partial charge is 0.295 e. The molecular weight excluding hydrogens is 136 g/mol. The van der Waals surface area contributed by atoms with Crippen molar-refractivity contribution in [2.75, 3.05) is 0 Å². The Morgan fingerprint density at radius 3 is 2.18 bits per heavy atom. The zero-order valence-corrected chi connectivity index (χ0v) is 7.92. The molecule has 0 bridgehead atoms. The fourth-order valence-corrected chi connectivity index (χ4v) is 0.649. The van der Waals surface area contributed by atoms with Gasteiger partial charge in [0.15, 0.2) is 5.78 Å². The molecule has 0 N–H and O–H groups in total. The Balaban J connectivity index is 3.66. The van der Waals surface area contributed by atoms with Crippen LogP contribution in [0.2, 0.25) is 0 Å². The highest BCUT2D eigenvalue weighted by molar-refractivity contribution is 5.91. The van der Waals surface area contributed by atoms with Gasteiger partial charge < -0.3 is 0 Å². The van der Waals surface area contributed by atoms with Crippen molar-refractivity contribution in [2.45, 2.75) is 34.1 Å². The van der Waals surface area contributed by atoms with Crippen LogP contribution >= 0.6 is 0 Å². The van der Waals surface area contributed by atoms with Gasteiger partial charge in [0.05, 0.1) is 0 Å². The summed E-state index contributed by atoms with van der Waals surface area (Å²) in [4.78, 5) is 11.0. The lowest BCUT2D eigenvalue weighted by Gasteiger charge is -1.98. The molecule has 11 heavy (non-hydrogen) atoms. The molecule has 0 amide bonds. The second-order valence-electron chi connectivity index (χ2n) is 3.59. The third-order valence-electron chi connectivity index (χ3n) is 1.46. The lowest BCUT2D eigenvalue weighted by atomic mass is 10.1. The molecule has 0 unspecified atom stereocenters. The topological polar surface area (TPSA) is 17.1 Å². The molecule has 0 fully saturated rings. The molecule has 0 atom stereocenters. The maximum atomic E-state index is 11.0. The number of hydrogen-bond acceptors (Lipinski definition) is 1. The Bertz CT molecular complexity index is 143. The Labute approximate surface area is 69.5 Å². The highest BCUT2D eigenvalue weighted by Gasteiger charge is 2.00. The van der Waals surface area contributed by atoms with Gasteiger partial charge in [0.2, 0.25) is 0 Å². The van der Waals surface area contributed by atoms with Gasteiger partial charge in [-0.1, -0.05) is 33.8 Å². The molecule has 0 aliphatic heterocycles. The van der Waals surface area contributed by atoms with E-state index in [1.54, 1.807) is 6.08 Å². The van der Waals surface area contributed by atoms with Crippen molar-refractivity contribution >= 4 is 5.78 Å². The first-order chi connectivity index (χ1) is 5.04. The van der Waals surface area contributed by atoms with Gasteiger partial charge >= 0.3 is 0 Å². The molecule has 0 aromatic rings. The van der Waals surface area contributed by atoms with Crippen LogP contribution in [0.1, 0.15) is 34.1 Å². The van der Waals surface area contributed by atoms with E-state index in [1.807, 2.05) is 19.9 Å². The summed E-state index contributed by atoms with van der Waals surface area (Å²) in [7, 11) is 0. The molecule has 0 aliphatic rings. The van der Waals surface area contributed by atoms with Crippen LogP contribution in [-0.4, -0.2) is 5.78 Å². The second kappa shape index (κ2) is 5.11. The normalized spacial score (nSPS) is 11.8. The molecule has 1 nitrogen and oxygen atoms in total. The van der Waals surface area contributed by atoms with Crippen molar-refractivity contribution in [3.8, 4) is 0 Å². The predicted octanol–water partition coefficient (Wildman–Crippen LogP) is 2.81. The fourth-order valence-electron chi connectivity index (χ4n) is 0.649. The lowest BCUT2D eigenvalue weighted by molar-refractivity contribution is -0.117. The highest BCUT2D eigenvalue weighted by atomic mass is 16.1. The van der Waals surface area contributed by atoms with Gasteiger partial charge in [0.1, 0.15) is 0 Å². The van der Waals surface area contributed by atoms with Crippen molar-refractivity contribution in [1.82, 2.24) is 0 Å². The summed E-state index contributed by atoms with van der Waals surface area (Å²) in [5.41, 5.74) is 0. The minimum atomic E-state index is 0.137. The summed E-state index contributed by atoms with van der Waals surface area (Å²) in [5, 5.41) is 0. The minimum Gasteiger partial charge on any atom is -0.295 e. The summed E-state index contributed by atoms with van der Waals surface area (Å²) in [6, 6.07) is 0. The maximum Gasteiger partial charge on any atom is 0.157 e. The van der Waals surface area contributed by atoms with E-state index < -0.39 is 0 Å². The van der Waals surface area contributed by atoms with Gasteiger partial charge in [-0.05, 0) is 18.4 Å². The first-order valence-electron chi connectivity index (χ1n) is 4.24. The lowest BCUT2D eigenvalue weighted by Crippen LogP contribution is -2.02. The monoisotopic (exact) mass is 154 g/mol. The quantitative estimate of drug-likeness (QED) is 0.569. The SMILES string of the molecule is CC(C)C/C=C/C(=O)C(C)C. The smallest absolute Gasteiger partial charge is 0.157 e. The molecule has 0 aliphatic carbocycles. The predicted molar refractivity (Wildman–Crippen MR) is 48.4 cm³/mol. The van der Waals surface area contributed by atoms with Gasteiger partial charge in [0.25, 0.3) is 0 Å². The van der Waals surface area contributed by atoms with E-state index in [-0.39, 0.29) is 11.7 Å². The molecule has 1 heteroatoms. The fraction of sp³-hybridized carbons (Fsp3) is 0.700. The molecule has 0 saturated carbocycles. The Morgan fingerprint density at radius 2 is 1.82 bits per heavy atom. The van der Waals surface area contributed by atoms with Crippen molar-refractivity contribution < 1.29 is 4.79 Å². The molecule has 0 saturated heterocycles. The minimum absolute atomic E-state index is 0.137. The molecule has 0 radical (unpaired) electrons. The van der Waals surface area contributed by atoms with Crippen LogP contribution < -0.4 is 0 Å². The van der Waals surface area contributed by atoms with Crippen LogP contribution in [0.25, 0.3) is 0 Å². The molecule has 0 rings (SSSR count). The second-order valence-corrected chi connectivity index (χ2v) is 3.59. The summed E-state index contributed by atoms with van der Waals surface area (Å²) in [5.74, 6) is 1.01. The van der Waals surface area contributed by atoms with Gasteiger partial charge in [-0.15, -0.1) is 0 Å². The number of rotatable bonds is 4. The third-order valence-corrected chi connectivity index (χ3v) is 1.46. The van der Waals surface area contributed by atoms with Gasteiger partial charge in [0, 0.05) is 5.92 Å². The summed E-state index contributed by atoms with van der Waals surface area (Å²) in [6.07, 6.45) is 4.66. The van der Waals surface area contributed by atoms with Crippen LogP contribution in [0.3, 0.4) is 0 Å².